The lowest BCUT2D eigenvalue weighted by Gasteiger charge is -2.27. The topological polar surface area (TPSA) is 78.7 Å². The van der Waals surface area contributed by atoms with Crippen LogP contribution in [0.5, 0.6) is 0 Å². The number of hydrogen-bond acceptors (Lipinski definition) is 5. The molecule has 0 aliphatic carbocycles. The van der Waals surface area contributed by atoms with Crippen molar-refractivity contribution < 1.29 is 4.79 Å². The molecule has 0 saturated heterocycles. The minimum Gasteiger partial charge on any atom is -0.337 e. The number of rotatable bonds is 5. The average Bonchev–Trinajstić information content (AvgIpc) is 2.41. The molecule has 6 heteroatoms. The molecule has 1 heterocycles. The summed E-state index contributed by atoms with van der Waals surface area (Å²) in [5.41, 5.74) is 2.07. The van der Waals surface area contributed by atoms with Gasteiger partial charge in [-0.15, -0.1) is 0 Å². The van der Waals surface area contributed by atoms with Gasteiger partial charge in [-0.25, -0.2) is 9.97 Å². The number of nitrogens with one attached hydrogen (secondary N) is 1. The summed E-state index contributed by atoms with van der Waals surface area (Å²) >= 11 is 1.28. The Labute approximate surface area is 130 Å². The van der Waals surface area contributed by atoms with Crippen LogP contribution in [0.25, 0.3) is 0 Å². The first kappa shape index (κ1) is 17.4. The van der Waals surface area contributed by atoms with E-state index in [1.165, 1.54) is 11.8 Å². The fraction of sp³-hybridized carbons (Fsp3) is 0.600. The molecule has 0 aliphatic heterocycles. The van der Waals surface area contributed by atoms with Crippen LogP contribution in [0.2, 0.25) is 0 Å². The van der Waals surface area contributed by atoms with Gasteiger partial charge in [-0.1, -0.05) is 25.6 Å². The zero-order valence-corrected chi connectivity index (χ0v) is 14.3. The summed E-state index contributed by atoms with van der Waals surface area (Å²) in [5, 5.41) is 12.6. The molecule has 0 aliphatic rings. The number of amides is 1. The first-order valence-corrected chi connectivity index (χ1v) is 7.85. The second-order valence-corrected chi connectivity index (χ2v) is 6.55. The van der Waals surface area contributed by atoms with E-state index in [2.05, 4.69) is 21.4 Å². The molecule has 0 fully saturated rings. The highest BCUT2D eigenvalue weighted by Gasteiger charge is 2.29. The Morgan fingerprint density at radius 2 is 1.86 bits per heavy atom. The highest BCUT2D eigenvalue weighted by molar-refractivity contribution is 7.99. The second-order valence-electron chi connectivity index (χ2n) is 5.61. The molecule has 1 rings (SSSR count). The zero-order valence-electron chi connectivity index (χ0n) is 13.4. The highest BCUT2D eigenvalue weighted by atomic mass is 32.2. The SMILES string of the molecule is Cc1nc(SCC(=O)N[C@](C)(C#N)C(C)C)nc(C)c1C. The van der Waals surface area contributed by atoms with Crippen molar-refractivity contribution in [1.29, 1.82) is 5.26 Å². The summed E-state index contributed by atoms with van der Waals surface area (Å²) in [7, 11) is 0. The maximum absolute atomic E-state index is 12.0. The van der Waals surface area contributed by atoms with Crippen LogP contribution >= 0.6 is 11.8 Å². The van der Waals surface area contributed by atoms with Crippen molar-refractivity contribution in [3.05, 3.63) is 17.0 Å². The van der Waals surface area contributed by atoms with Gasteiger partial charge in [0.1, 0.15) is 5.54 Å². The van der Waals surface area contributed by atoms with Gasteiger partial charge in [-0.2, -0.15) is 5.26 Å². The normalized spacial score (nSPS) is 13.6. The number of nitriles is 1. The molecule has 1 N–H and O–H groups in total. The molecule has 0 radical (unpaired) electrons. The van der Waals surface area contributed by atoms with E-state index in [1.54, 1.807) is 6.92 Å². The van der Waals surface area contributed by atoms with Gasteiger partial charge in [0.15, 0.2) is 5.16 Å². The Bertz CT molecular complexity index is 557. The van der Waals surface area contributed by atoms with Crippen LogP contribution in [-0.4, -0.2) is 27.2 Å². The van der Waals surface area contributed by atoms with Gasteiger partial charge in [0.2, 0.25) is 5.91 Å². The maximum atomic E-state index is 12.0. The summed E-state index contributed by atoms with van der Waals surface area (Å²) in [6.45, 7) is 11.4. The van der Waals surface area contributed by atoms with Crippen LogP contribution in [0.1, 0.15) is 37.7 Å². The van der Waals surface area contributed by atoms with Gasteiger partial charge in [0.25, 0.3) is 0 Å². The largest absolute Gasteiger partial charge is 0.337 e. The Morgan fingerprint density at radius 3 is 2.29 bits per heavy atom. The fourth-order valence-corrected chi connectivity index (χ4v) is 2.30. The molecular formula is C15H22N4OS. The van der Waals surface area contributed by atoms with E-state index < -0.39 is 5.54 Å². The number of aryl methyl sites for hydroxylation is 2. The van der Waals surface area contributed by atoms with Crippen LogP contribution in [0.4, 0.5) is 0 Å². The molecule has 1 aromatic rings. The van der Waals surface area contributed by atoms with Crippen LogP contribution in [0.15, 0.2) is 5.16 Å². The molecule has 0 bridgehead atoms. The summed E-state index contributed by atoms with van der Waals surface area (Å²) in [4.78, 5) is 20.7. The van der Waals surface area contributed by atoms with Gasteiger partial charge in [0.05, 0.1) is 11.8 Å². The lowest BCUT2D eigenvalue weighted by molar-refractivity contribution is -0.120. The third-order valence-corrected chi connectivity index (χ3v) is 4.58. The van der Waals surface area contributed by atoms with Gasteiger partial charge in [0, 0.05) is 11.4 Å². The predicted molar refractivity (Wildman–Crippen MR) is 84.0 cm³/mol. The molecule has 1 aromatic heterocycles. The van der Waals surface area contributed by atoms with Crippen molar-refractivity contribution in [2.75, 3.05) is 5.75 Å². The molecule has 5 nitrogen and oxygen atoms in total. The minimum absolute atomic E-state index is 0.0385. The van der Waals surface area contributed by atoms with Crippen molar-refractivity contribution in [1.82, 2.24) is 15.3 Å². The third kappa shape index (κ3) is 4.43. The lowest BCUT2D eigenvalue weighted by Crippen LogP contribution is -2.49. The number of hydrogen-bond donors (Lipinski definition) is 1. The highest BCUT2D eigenvalue weighted by Crippen LogP contribution is 2.19. The van der Waals surface area contributed by atoms with E-state index in [0.29, 0.717) is 5.16 Å². The predicted octanol–water partition coefficient (Wildman–Crippen LogP) is 2.55. The van der Waals surface area contributed by atoms with Gasteiger partial charge in [-0.05, 0) is 39.2 Å². The summed E-state index contributed by atoms with van der Waals surface area (Å²) in [5.74, 6) is 0.0557. The van der Waals surface area contributed by atoms with E-state index in [9.17, 15) is 10.1 Å². The maximum Gasteiger partial charge on any atom is 0.231 e. The Morgan fingerprint density at radius 1 is 1.33 bits per heavy atom. The number of thioether (sulfide) groups is 1. The molecule has 1 amide bonds. The van der Waals surface area contributed by atoms with Gasteiger partial charge >= 0.3 is 0 Å². The van der Waals surface area contributed by atoms with E-state index >= 15 is 0 Å². The molecule has 0 unspecified atom stereocenters. The standard InChI is InChI=1S/C15H22N4OS/c1-9(2)15(6,8-16)19-13(20)7-21-14-17-11(4)10(3)12(5)18-14/h9H,7H2,1-6H3,(H,19,20)/t15-/m1/s1. The van der Waals surface area contributed by atoms with E-state index in [-0.39, 0.29) is 17.6 Å². The molecule has 0 saturated carbocycles. The van der Waals surface area contributed by atoms with Crippen LogP contribution in [0.3, 0.4) is 0 Å². The quantitative estimate of drug-likeness (QED) is 0.668. The third-order valence-electron chi connectivity index (χ3n) is 3.73. The van der Waals surface area contributed by atoms with Crippen molar-refractivity contribution in [2.24, 2.45) is 5.92 Å². The fourth-order valence-electron chi connectivity index (χ4n) is 1.56. The van der Waals surface area contributed by atoms with Gasteiger partial charge in [-0.3, -0.25) is 4.79 Å². The Hall–Kier alpha value is -1.61. The molecule has 114 valence electrons. The minimum atomic E-state index is -0.850. The van der Waals surface area contributed by atoms with Gasteiger partial charge < -0.3 is 5.32 Å². The van der Waals surface area contributed by atoms with Crippen molar-refractivity contribution in [2.45, 2.75) is 52.2 Å². The second kappa shape index (κ2) is 6.90. The summed E-state index contributed by atoms with van der Waals surface area (Å²) in [6.07, 6.45) is 0. The number of carbonyl (C=O) groups excluding carboxylic acids is 1. The molecule has 0 spiro atoms. The van der Waals surface area contributed by atoms with Crippen molar-refractivity contribution >= 4 is 17.7 Å². The molecule has 21 heavy (non-hydrogen) atoms. The zero-order chi connectivity index (χ0) is 16.2. The summed E-state index contributed by atoms with van der Waals surface area (Å²) in [6, 6.07) is 2.16. The van der Waals surface area contributed by atoms with E-state index in [0.717, 1.165) is 17.0 Å². The molecular weight excluding hydrogens is 284 g/mol. The average molecular weight is 306 g/mol. The number of aromatic nitrogens is 2. The summed E-state index contributed by atoms with van der Waals surface area (Å²) < 4.78 is 0. The molecule has 0 aromatic carbocycles. The van der Waals surface area contributed by atoms with E-state index in [4.69, 9.17) is 0 Å². The Balaban J connectivity index is 2.68. The number of nitrogens with zero attached hydrogens (tertiary/aromatic N) is 3. The van der Waals surface area contributed by atoms with Crippen LogP contribution < -0.4 is 5.32 Å². The first-order chi connectivity index (χ1) is 9.69. The van der Waals surface area contributed by atoms with Crippen molar-refractivity contribution in [3.8, 4) is 6.07 Å². The monoisotopic (exact) mass is 306 g/mol. The number of carbonyl (C=O) groups is 1. The Kier molecular flexibility index (Phi) is 5.73. The lowest BCUT2D eigenvalue weighted by atomic mass is 9.90. The van der Waals surface area contributed by atoms with E-state index in [1.807, 2.05) is 34.6 Å². The first-order valence-electron chi connectivity index (χ1n) is 6.86. The molecule has 1 atom stereocenters. The van der Waals surface area contributed by atoms with Crippen molar-refractivity contribution in [3.63, 3.8) is 0 Å². The van der Waals surface area contributed by atoms with Crippen LogP contribution in [0, 0.1) is 38.0 Å². The van der Waals surface area contributed by atoms with Crippen LogP contribution in [-0.2, 0) is 4.79 Å². The smallest absolute Gasteiger partial charge is 0.231 e.